The molecule has 2 aliphatic heterocycles. The Bertz CT molecular complexity index is 596. The first-order valence-corrected chi connectivity index (χ1v) is 9.62. The fraction of sp³-hybridized carbons (Fsp3) is 0.650. The van der Waals surface area contributed by atoms with Crippen molar-refractivity contribution in [3.8, 4) is 11.5 Å². The quantitative estimate of drug-likeness (QED) is 0.703. The fourth-order valence-corrected chi connectivity index (χ4v) is 3.94. The summed E-state index contributed by atoms with van der Waals surface area (Å²) >= 11 is 0. The van der Waals surface area contributed by atoms with E-state index < -0.39 is 6.09 Å². The second kappa shape index (κ2) is 10.0. The van der Waals surface area contributed by atoms with E-state index in [4.69, 9.17) is 9.47 Å². The summed E-state index contributed by atoms with van der Waals surface area (Å²) in [5, 5.41) is 2.84. The molecule has 146 valence electrons. The van der Waals surface area contributed by atoms with Gasteiger partial charge < -0.3 is 14.8 Å². The molecule has 0 bridgehead atoms. The number of rotatable bonds is 7. The van der Waals surface area contributed by atoms with Crippen LogP contribution in [0.2, 0.25) is 0 Å². The summed E-state index contributed by atoms with van der Waals surface area (Å²) in [4.78, 5) is 14.4. The summed E-state index contributed by atoms with van der Waals surface area (Å²) in [7, 11) is 2.15. The molecular formula is C20H31ClN2O3. The van der Waals surface area contributed by atoms with Crippen molar-refractivity contribution in [2.45, 2.75) is 51.5 Å². The zero-order valence-electron chi connectivity index (χ0n) is 15.8. The molecule has 1 aromatic rings. The monoisotopic (exact) mass is 382 g/mol. The van der Waals surface area contributed by atoms with E-state index in [9.17, 15) is 4.79 Å². The van der Waals surface area contributed by atoms with Gasteiger partial charge >= 0.3 is 6.09 Å². The average molecular weight is 383 g/mol. The van der Waals surface area contributed by atoms with Crippen LogP contribution in [0.1, 0.15) is 57.1 Å². The lowest BCUT2D eigenvalue weighted by molar-refractivity contribution is 0.156. The zero-order chi connectivity index (χ0) is 17.6. The minimum atomic E-state index is -0.394. The standard InChI is InChI=1S/C20H30N2O3.ClH/c1-3-4-5-6-7-12-21-20(23)25-17-10-8-9-16-18-15(11-13-22(18)2)14-24-19(16)17;/h8-10,15,18H,3-7,11-14H2,1-2H3,(H,21,23);1H/t15-,18-;/m0./s1. The minimum Gasteiger partial charge on any atom is -0.489 e. The highest BCUT2D eigenvalue weighted by Crippen LogP contribution is 2.47. The maximum Gasteiger partial charge on any atom is 0.412 e. The van der Waals surface area contributed by atoms with Gasteiger partial charge in [-0.3, -0.25) is 4.90 Å². The van der Waals surface area contributed by atoms with Crippen LogP contribution in [-0.2, 0) is 0 Å². The Morgan fingerprint density at radius 1 is 1.31 bits per heavy atom. The van der Waals surface area contributed by atoms with Crippen LogP contribution >= 0.6 is 12.4 Å². The summed E-state index contributed by atoms with van der Waals surface area (Å²) in [6, 6.07) is 6.22. The summed E-state index contributed by atoms with van der Waals surface area (Å²) in [6.07, 6.45) is 6.61. The number of hydrogen-bond acceptors (Lipinski definition) is 4. The second-order valence-corrected chi connectivity index (χ2v) is 7.19. The highest BCUT2D eigenvalue weighted by molar-refractivity contribution is 5.85. The average Bonchev–Trinajstić information content (AvgIpc) is 3.00. The zero-order valence-corrected chi connectivity index (χ0v) is 16.6. The van der Waals surface area contributed by atoms with Gasteiger partial charge in [0.2, 0.25) is 0 Å². The summed E-state index contributed by atoms with van der Waals surface area (Å²) in [5.41, 5.74) is 1.14. The van der Waals surface area contributed by atoms with Gasteiger partial charge in [0, 0.05) is 24.1 Å². The van der Waals surface area contributed by atoms with Crippen molar-refractivity contribution in [1.29, 1.82) is 0 Å². The molecule has 1 fully saturated rings. The number of ether oxygens (including phenoxy) is 2. The third-order valence-corrected chi connectivity index (χ3v) is 5.30. The number of carbonyl (C=O) groups excluding carboxylic acids is 1. The Kier molecular flexibility index (Phi) is 8.04. The normalized spacial score (nSPS) is 21.2. The molecule has 1 saturated heterocycles. The van der Waals surface area contributed by atoms with E-state index >= 15 is 0 Å². The minimum absolute atomic E-state index is 0. The molecule has 0 saturated carbocycles. The topological polar surface area (TPSA) is 50.8 Å². The molecule has 0 spiro atoms. The highest BCUT2D eigenvalue weighted by atomic mass is 35.5. The predicted octanol–water partition coefficient (Wildman–Crippen LogP) is 4.55. The first kappa shape index (κ1) is 20.8. The van der Waals surface area contributed by atoms with Crippen molar-refractivity contribution in [1.82, 2.24) is 10.2 Å². The van der Waals surface area contributed by atoms with Crippen LogP contribution in [0.3, 0.4) is 0 Å². The molecule has 6 heteroatoms. The number of fused-ring (bicyclic) bond motifs is 3. The van der Waals surface area contributed by atoms with Crippen molar-refractivity contribution in [2.75, 3.05) is 26.7 Å². The summed E-state index contributed by atoms with van der Waals surface area (Å²) in [6.45, 7) is 4.64. The van der Waals surface area contributed by atoms with Crippen molar-refractivity contribution in [3.63, 3.8) is 0 Å². The van der Waals surface area contributed by atoms with Gasteiger partial charge in [-0.15, -0.1) is 12.4 Å². The van der Waals surface area contributed by atoms with Crippen molar-refractivity contribution in [2.24, 2.45) is 5.92 Å². The molecule has 2 atom stereocenters. The maximum absolute atomic E-state index is 12.1. The maximum atomic E-state index is 12.1. The fourth-order valence-electron chi connectivity index (χ4n) is 3.94. The van der Waals surface area contributed by atoms with Gasteiger partial charge in [0.15, 0.2) is 11.5 Å². The van der Waals surface area contributed by atoms with Crippen molar-refractivity contribution >= 4 is 18.5 Å². The third kappa shape index (κ3) is 4.83. The molecule has 0 radical (unpaired) electrons. The third-order valence-electron chi connectivity index (χ3n) is 5.30. The number of nitrogens with one attached hydrogen (secondary N) is 1. The molecular weight excluding hydrogens is 352 g/mol. The van der Waals surface area contributed by atoms with Gasteiger partial charge in [0.05, 0.1) is 6.61 Å². The molecule has 2 aliphatic rings. The van der Waals surface area contributed by atoms with E-state index in [1.807, 2.05) is 12.1 Å². The second-order valence-electron chi connectivity index (χ2n) is 7.19. The SMILES string of the molecule is CCCCCCCNC(=O)Oc1cccc2c1OC[C@@H]1CCN(C)[C@H]21.Cl. The lowest BCUT2D eigenvalue weighted by Gasteiger charge is -2.32. The first-order valence-electron chi connectivity index (χ1n) is 9.62. The molecule has 1 amide bonds. The van der Waals surface area contributed by atoms with Crippen LogP contribution in [0.5, 0.6) is 11.5 Å². The van der Waals surface area contributed by atoms with Crippen LogP contribution in [0.4, 0.5) is 4.79 Å². The summed E-state index contributed by atoms with van der Waals surface area (Å²) < 4.78 is 11.5. The number of halogens is 1. The lowest BCUT2D eigenvalue weighted by Crippen LogP contribution is -2.30. The van der Waals surface area contributed by atoms with Gasteiger partial charge in [-0.1, -0.05) is 44.7 Å². The largest absolute Gasteiger partial charge is 0.489 e. The van der Waals surface area contributed by atoms with Crippen LogP contribution < -0.4 is 14.8 Å². The Morgan fingerprint density at radius 2 is 2.12 bits per heavy atom. The molecule has 26 heavy (non-hydrogen) atoms. The number of likely N-dealkylation sites (tertiary alicyclic amines) is 1. The van der Waals surface area contributed by atoms with Crippen LogP contribution in [0.15, 0.2) is 18.2 Å². The number of amides is 1. The molecule has 1 aromatic carbocycles. The van der Waals surface area contributed by atoms with Crippen LogP contribution in [0.25, 0.3) is 0 Å². The van der Waals surface area contributed by atoms with Crippen molar-refractivity contribution < 1.29 is 14.3 Å². The van der Waals surface area contributed by atoms with Gasteiger partial charge in [-0.2, -0.15) is 0 Å². The van der Waals surface area contributed by atoms with Gasteiger partial charge in [-0.05, 0) is 32.5 Å². The Hall–Kier alpha value is -1.46. The number of benzene rings is 1. The highest BCUT2D eigenvalue weighted by Gasteiger charge is 2.39. The van der Waals surface area contributed by atoms with Crippen LogP contribution in [0, 0.1) is 5.92 Å². The van der Waals surface area contributed by atoms with E-state index in [1.54, 1.807) is 0 Å². The smallest absolute Gasteiger partial charge is 0.412 e. The predicted molar refractivity (Wildman–Crippen MR) is 105 cm³/mol. The van der Waals surface area contributed by atoms with E-state index in [0.717, 1.165) is 37.1 Å². The van der Waals surface area contributed by atoms with Crippen LogP contribution in [-0.4, -0.2) is 37.7 Å². The molecule has 5 nitrogen and oxygen atoms in total. The van der Waals surface area contributed by atoms with E-state index in [0.29, 0.717) is 30.9 Å². The van der Waals surface area contributed by atoms with E-state index in [2.05, 4.69) is 30.3 Å². The molecule has 0 aliphatic carbocycles. The lowest BCUT2D eigenvalue weighted by atomic mass is 9.91. The number of hydrogen-bond donors (Lipinski definition) is 1. The molecule has 1 N–H and O–H groups in total. The van der Waals surface area contributed by atoms with E-state index in [1.165, 1.54) is 19.3 Å². The molecule has 2 heterocycles. The molecule has 0 unspecified atom stereocenters. The number of nitrogens with zero attached hydrogens (tertiary/aromatic N) is 1. The number of unbranched alkanes of at least 4 members (excludes halogenated alkanes) is 4. The van der Waals surface area contributed by atoms with E-state index in [-0.39, 0.29) is 12.4 Å². The molecule has 3 rings (SSSR count). The number of carbonyl (C=O) groups is 1. The number of para-hydroxylation sites is 1. The molecule has 0 aromatic heterocycles. The Morgan fingerprint density at radius 3 is 2.92 bits per heavy atom. The van der Waals surface area contributed by atoms with Crippen molar-refractivity contribution in [3.05, 3.63) is 23.8 Å². The first-order chi connectivity index (χ1) is 12.2. The Balaban J connectivity index is 0.00000243. The van der Waals surface area contributed by atoms with Gasteiger partial charge in [-0.25, -0.2) is 4.79 Å². The summed E-state index contributed by atoms with van der Waals surface area (Å²) in [5.74, 6) is 1.79. The Labute approximate surface area is 162 Å². The van der Waals surface area contributed by atoms with Gasteiger partial charge in [0.1, 0.15) is 0 Å². The van der Waals surface area contributed by atoms with Gasteiger partial charge in [0.25, 0.3) is 0 Å².